The smallest absolute Gasteiger partial charge is 0.200 e. The summed E-state index contributed by atoms with van der Waals surface area (Å²) in [6.45, 7) is 4.12. The van der Waals surface area contributed by atoms with Crippen LogP contribution in [0.1, 0.15) is 36.0 Å². The molecule has 0 saturated carbocycles. The highest BCUT2D eigenvalue weighted by Crippen LogP contribution is 2.29. The third-order valence-electron chi connectivity index (χ3n) is 5.15. The average molecular weight is 334 g/mol. The number of rotatable bonds is 6. The minimum absolute atomic E-state index is 0.415. The van der Waals surface area contributed by atoms with Crippen molar-refractivity contribution < 1.29 is 9.47 Å². The molecule has 2 aliphatic rings. The van der Waals surface area contributed by atoms with Gasteiger partial charge in [0.2, 0.25) is 6.29 Å². The fourth-order valence-corrected chi connectivity index (χ4v) is 3.71. The molecule has 3 heterocycles. The molecule has 3 rings (SSSR count). The molecular formula is C18H30N4O2. The number of likely N-dealkylation sites (tertiary alicyclic amines) is 1. The summed E-state index contributed by atoms with van der Waals surface area (Å²) < 4.78 is 11.0. The van der Waals surface area contributed by atoms with Crippen LogP contribution in [0.25, 0.3) is 0 Å². The minimum atomic E-state index is -0.415. The van der Waals surface area contributed by atoms with Gasteiger partial charge in [0.15, 0.2) is 0 Å². The summed E-state index contributed by atoms with van der Waals surface area (Å²) in [6, 6.07) is 2.94. The van der Waals surface area contributed by atoms with Crippen molar-refractivity contribution in [1.29, 1.82) is 0 Å². The first-order chi connectivity index (χ1) is 11.6. The van der Waals surface area contributed by atoms with Gasteiger partial charge >= 0.3 is 0 Å². The van der Waals surface area contributed by atoms with Crippen LogP contribution < -0.4 is 5.32 Å². The predicted molar refractivity (Wildman–Crippen MR) is 95.2 cm³/mol. The molecule has 0 aliphatic carbocycles. The molecule has 1 saturated heterocycles. The second kappa shape index (κ2) is 7.78. The van der Waals surface area contributed by atoms with Crippen molar-refractivity contribution in [3.8, 4) is 0 Å². The topological polar surface area (TPSA) is 49.9 Å². The van der Waals surface area contributed by atoms with Gasteiger partial charge in [-0.05, 0) is 50.6 Å². The molecule has 1 atom stereocenters. The number of aryl methyl sites for hydroxylation is 1. The van der Waals surface area contributed by atoms with Crippen LogP contribution in [0.2, 0.25) is 0 Å². The van der Waals surface area contributed by atoms with Gasteiger partial charge in [0.1, 0.15) is 11.5 Å². The lowest BCUT2D eigenvalue weighted by molar-refractivity contribution is -0.109. The van der Waals surface area contributed by atoms with E-state index >= 15 is 0 Å². The van der Waals surface area contributed by atoms with Crippen LogP contribution in [0, 0.1) is 0 Å². The summed E-state index contributed by atoms with van der Waals surface area (Å²) in [5.41, 5.74) is 3.45. The van der Waals surface area contributed by atoms with Gasteiger partial charge in [-0.3, -0.25) is 4.90 Å². The summed E-state index contributed by atoms with van der Waals surface area (Å²) >= 11 is 0. The Kier molecular flexibility index (Phi) is 5.71. The Hall–Kier alpha value is -1.21. The van der Waals surface area contributed by atoms with Gasteiger partial charge in [-0.15, -0.1) is 0 Å². The average Bonchev–Trinajstić information content (AvgIpc) is 3.05. The van der Waals surface area contributed by atoms with Gasteiger partial charge in [0.05, 0.1) is 0 Å². The lowest BCUT2D eigenvalue weighted by atomic mass is 10.0. The molecule has 0 bridgehead atoms. The number of hydrogen-bond donors (Lipinski definition) is 1. The molecule has 0 spiro atoms. The van der Waals surface area contributed by atoms with Gasteiger partial charge in [0, 0.05) is 46.4 Å². The number of methoxy groups -OCH3 is 2. The Labute approximate surface area is 145 Å². The van der Waals surface area contributed by atoms with Crippen molar-refractivity contribution in [2.24, 2.45) is 0 Å². The quantitative estimate of drug-likeness (QED) is 0.802. The number of aromatic nitrogens is 1. The SMILES string of the molecule is COC(OC)c1nc2c(cc1CN1CCC(N(C)C)C1)CCCN2. The number of nitrogens with zero attached hydrogens (tertiary/aromatic N) is 3. The Morgan fingerprint density at radius 2 is 2.17 bits per heavy atom. The van der Waals surface area contributed by atoms with Crippen molar-refractivity contribution in [3.63, 3.8) is 0 Å². The van der Waals surface area contributed by atoms with E-state index in [1.807, 2.05) is 0 Å². The van der Waals surface area contributed by atoms with E-state index in [-0.39, 0.29) is 0 Å². The van der Waals surface area contributed by atoms with Crippen molar-refractivity contribution in [2.75, 3.05) is 53.3 Å². The monoisotopic (exact) mass is 334 g/mol. The van der Waals surface area contributed by atoms with Gasteiger partial charge < -0.3 is 19.7 Å². The van der Waals surface area contributed by atoms with Gasteiger partial charge in [-0.1, -0.05) is 0 Å². The Balaban J connectivity index is 1.84. The zero-order valence-electron chi connectivity index (χ0n) is 15.3. The highest BCUT2D eigenvalue weighted by molar-refractivity contribution is 5.49. The lowest BCUT2D eigenvalue weighted by Crippen LogP contribution is -2.31. The van der Waals surface area contributed by atoms with E-state index in [9.17, 15) is 0 Å². The first-order valence-electron chi connectivity index (χ1n) is 8.83. The van der Waals surface area contributed by atoms with E-state index in [4.69, 9.17) is 14.5 Å². The van der Waals surface area contributed by atoms with Crippen molar-refractivity contribution >= 4 is 5.82 Å². The summed E-state index contributed by atoms with van der Waals surface area (Å²) in [6.07, 6.45) is 3.06. The molecule has 6 nitrogen and oxygen atoms in total. The molecule has 1 unspecified atom stereocenters. The Bertz CT molecular complexity index is 560. The number of pyridine rings is 1. The maximum Gasteiger partial charge on any atom is 0.200 e. The van der Waals surface area contributed by atoms with Crippen LogP contribution in [0.5, 0.6) is 0 Å². The first-order valence-corrected chi connectivity index (χ1v) is 8.83. The summed E-state index contributed by atoms with van der Waals surface area (Å²) in [5, 5.41) is 3.41. The standard InChI is InChI=1S/C18H30N4O2/c1-21(2)15-7-9-22(12-15)11-14-10-13-6-5-8-19-17(13)20-16(14)18(23-3)24-4/h10,15,18H,5-9,11-12H2,1-4H3,(H,19,20). The van der Waals surface area contributed by atoms with E-state index < -0.39 is 6.29 Å². The lowest BCUT2D eigenvalue weighted by Gasteiger charge is -2.25. The molecule has 0 radical (unpaired) electrons. The number of hydrogen-bond acceptors (Lipinski definition) is 6. The van der Waals surface area contributed by atoms with Crippen LogP contribution >= 0.6 is 0 Å². The van der Waals surface area contributed by atoms with Crippen molar-refractivity contribution in [3.05, 3.63) is 22.9 Å². The summed E-state index contributed by atoms with van der Waals surface area (Å²) in [7, 11) is 7.67. The molecule has 1 aromatic heterocycles. The van der Waals surface area contributed by atoms with Crippen LogP contribution in [0.4, 0.5) is 5.82 Å². The fraction of sp³-hybridized carbons (Fsp3) is 0.722. The summed E-state index contributed by atoms with van der Waals surface area (Å²) in [5.74, 6) is 0.992. The molecule has 0 amide bonds. The van der Waals surface area contributed by atoms with Gasteiger partial charge in [-0.2, -0.15) is 0 Å². The van der Waals surface area contributed by atoms with E-state index in [1.165, 1.54) is 17.5 Å². The molecule has 1 N–H and O–H groups in total. The van der Waals surface area contributed by atoms with Gasteiger partial charge in [0.25, 0.3) is 0 Å². The van der Waals surface area contributed by atoms with Crippen LogP contribution in [0.15, 0.2) is 6.07 Å². The zero-order chi connectivity index (χ0) is 17.1. The highest BCUT2D eigenvalue weighted by atomic mass is 16.7. The van der Waals surface area contributed by atoms with Crippen molar-refractivity contribution in [2.45, 2.75) is 38.1 Å². The molecule has 0 aromatic carbocycles. The molecule has 1 aromatic rings. The normalized spacial score (nSPS) is 21.3. The second-order valence-corrected chi connectivity index (χ2v) is 7.02. The first kappa shape index (κ1) is 17.6. The number of anilines is 1. The zero-order valence-corrected chi connectivity index (χ0v) is 15.3. The maximum atomic E-state index is 5.50. The maximum absolute atomic E-state index is 5.50. The van der Waals surface area contributed by atoms with Gasteiger partial charge in [-0.25, -0.2) is 4.98 Å². The second-order valence-electron chi connectivity index (χ2n) is 7.02. The van der Waals surface area contributed by atoms with E-state index in [0.29, 0.717) is 6.04 Å². The van der Waals surface area contributed by atoms with E-state index in [2.05, 4.69) is 35.3 Å². The molecule has 24 heavy (non-hydrogen) atoms. The van der Waals surface area contributed by atoms with Crippen LogP contribution in [-0.4, -0.2) is 68.8 Å². The predicted octanol–water partition coefficient (Wildman–Crippen LogP) is 1.87. The van der Waals surface area contributed by atoms with E-state index in [1.54, 1.807) is 14.2 Å². The molecular weight excluding hydrogens is 304 g/mol. The highest BCUT2D eigenvalue weighted by Gasteiger charge is 2.27. The molecule has 2 aliphatic heterocycles. The third kappa shape index (κ3) is 3.72. The van der Waals surface area contributed by atoms with Crippen molar-refractivity contribution in [1.82, 2.24) is 14.8 Å². The van der Waals surface area contributed by atoms with Crippen LogP contribution in [-0.2, 0) is 22.4 Å². The number of nitrogens with one attached hydrogen (secondary N) is 1. The Morgan fingerprint density at radius 3 is 2.83 bits per heavy atom. The molecule has 1 fully saturated rings. The fourth-order valence-electron chi connectivity index (χ4n) is 3.71. The Morgan fingerprint density at radius 1 is 1.38 bits per heavy atom. The minimum Gasteiger partial charge on any atom is -0.370 e. The molecule has 134 valence electrons. The summed E-state index contributed by atoms with van der Waals surface area (Å²) in [4.78, 5) is 9.69. The van der Waals surface area contributed by atoms with Crippen LogP contribution in [0.3, 0.4) is 0 Å². The molecule has 6 heteroatoms. The number of ether oxygens (including phenoxy) is 2. The van der Waals surface area contributed by atoms with E-state index in [0.717, 1.165) is 50.5 Å². The number of likely N-dealkylation sites (N-methyl/N-ethyl adjacent to an activating group) is 1. The number of fused-ring (bicyclic) bond motifs is 1. The largest absolute Gasteiger partial charge is 0.370 e. The third-order valence-corrected chi connectivity index (χ3v) is 5.15.